The van der Waals surface area contributed by atoms with Gasteiger partial charge in [-0.3, -0.25) is 9.98 Å². The van der Waals surface area contributed by atoms with Crippen molar-refractivity contribution in [3.05, 3.63) is 57.6 Å². The molecule has 0 spiro atoms. The van der Waals surface area contributed by atoms with Crippen LogP contribution in [0.5, 0.6) is 11.5 Å². The van der Waals surface area contributed by atoms with Crippen molar-refractivity contribution in [2.45, 2.75) is 86.5 Å². The first-order valence-corrected chi connectivity index (χ1v) is 12.8. The van der Waals surface area contributed by atoms with Crippen LogP contribution in [0.3, 0.4) is 0 Å². The van der Waals surface area contributed by atoms with Gasteiger partial charge in [-0.25, -0.2) is 0 Å². The Morgan fingerprint density at radius 1 is 0.725 bits per heavy atom. The van der Waals surface area contributed by atoms with E-state index in [1.165, 1.54) is 0 Å². The van der Waals surface area contributed by atoms with E-state index in [-0.39, 0.29) is 27.6 Å². The molecule has 0 aliphatic carbocycles. The molecule has 2 rings (SSSR count). The smallest absolute Gasteiger partial charge is 0.550 e. The number of aryl methyl sites for hydroxylation is 2. The van der Waals surface area contributed by atoms with Crippen molar-refractivity contribution in [3.63, 3.8) is 0 Å². The van der Waals surface area contributed by atoms with E-state index in [0.717, 1.165) is 53.6 Å². The number of benzene rings is 2. The van der Waals surface area contributed by atoms with Crippen LogP contribution in [-0.2, 0) is 37.2 Å². The second kappa shape index (κ2) is 17.5. The third-order valence-corrected chi connectivity index (χ3v) is 5.22. The molecule has 0 fully saturated rings. The van der Waals surface area contributed by atoms with Crippen molar-refractivity contribution in [3.8, 4) is 11.5 Å². The van der Waals surface area contributed by atoms with E-state index in [1.807, 2.05) is 38.1 Å². The average Bonchev–Trinajstić information content (AvgIpc) is 2.74. The first-order chi connectivity index (χ1) is 17.8. The third-order valence-electron chi connectivity index (χ3n) is 5.22. The van der Waals surface area contributed by atoms with Gasteiger partial charge in [-0.1, -0.05) is 53.7 Å². The SMILES string of the molecule is CC(=O)[O-].CC(=O)[O-].Cc1cc(C=NCCCN=Cc2cc(C)cc(C(C)(C)C)c2O)c(O)c(C(C)(C)C)c1.[Co+2]. The number of aliphatic carboxylic acids is 2. The summed E-state index contributed by atoms with van der Waals surface area (Å²) in [6.07, 6.45) is 4.30. The Labute approximate surface area is 249 Å². The van der Waals surface area contributed by atoms with Crippen LogP contribution in [0.4, 0.5) is 0 Å². The van der Waals surface area contributed by atoms with Gasteiger partial charge in [-0.05, 0) is 68.2 Å². The fourth-order valence-electron chi connectivity index (χ4n) is 3.53. The van der Waals surface area contributed by atoms with Gasteiger partial charge >= 0.3 is 16.8 Å². The third kappa shape index (κ3) is 15.4. The van der Waals surface area contributed by atoms with Gasteiger partial charge in [-0.2, -0.15) is 0 Å². The van der Waals surface area contributed by atoms with E-state index >= 15 is 0 Å². The van der Waals surface area contributed by atoms with E-state index in [4.69, 9.17) is 19.8 Å². The summed E-state index contributed by atoms with van der Waals surface area (Å²) in [7, 11) is 0. The van der Waals surface area contributed by atoms with Crippen LogP contribution >= 0.6 is 0 Å². The van der Waals surface area contributed by atoms with Gasteiger partial charge in [0.25, 0.3) is 0 Å². The fourth-order valence-corrected chi connectivity index (χ4v) is 3.53. The zero-order valence-electron chi connectivity index (χ0n) is 25.3. The molecule has 9 heteroatoms. The van der Waals surface area contributed by atoms with Crippen LogP contribution < -0.4 is 10.2 Å². The minimum atomic E-state index is -1.08. The predicted molar refractivity (Wildman–Crippen MR) is 154 cm³/mol. The summed E-state index contributed by atoms with van der Waals surface area (Å²) >= 11 is 0. The summed E-state index contributed by atoms with van der Waals surface area (Å²) in [6.45, 7) is 19.8. The first-order valence-electron chi connectivity index (χ1n) is 12.8. The largest absolute Gasteiger partial charge is 2.00 e. The molecule has 0 aromatic heterocycles. The summed E-state index contributed by atoms with van der Waals surface area (Å²) < 4.78 is 0. The number of hydrogen-bond acceptors (Lipinski definition) is 8. The Bertz CT molecular complexity index is 1080. The molecule has 0 aliphatic heterocycles. The molecule has 8 nitrogen and oxygen atoms in total. The van der Waals surface area contributed by atoms with Crippen molar-refractivity contribution < 1.29 is 46.8 Å². The molecule has 2 aromatic rings. The molecule has 0 heterocycles. The quantitative estimate of drug-likeness (QED) is 0.382. The summed E-state index contributed by atoms with van der Waals surface area (Å²) in [5.74, 6) is -1.55. The monoisotopic (exact) mass is 599 g/mol. The van der Waals surface area contributed by atoms with Crippen LogP contribution in [0.15, 0.2) is 34.3 Å². The molecule has 0 atom stereocenters. The number of phenolic OH excluding ortho intramolecular Hbond substituents is 2. The molecule has 1 radical (unpaired) electrons. The van der Waals surface area contributed by atoms with E-state index in [2.05, 4.69) is 51.5 Å². The molecular formula is C31H44CoN2O6. The maximum absolute atomic E-state index is 10.6. The van der Waals surface area contributed by atoms with Gasteiger partial charge in [-0.15, -0.1) is 0 Å². The van der Waals surface area contributed by atoms with Crippen molar-refractivity contribution in [2.24, 2.45) is 9.98 Å². The zero-order chi connectivity index (χ0) is 30.6. The molecule has 0 bridgehead atoms. The van der Waals surface area contributed by atoms with Crippen molar-refractivity contribution >= 4 is 24.4 Å². The van der Waals surface area contributed by atoms with Gasteiger partial charge < -0.3 is 30.0 Å². The standard InChI is InChI=1S/C27H38N2O2.2C2H4O2.Co/c1-18-12-20(24(30)22(14-18)26(3,4)5)16-28-10-9-11-29-17-21-13-19(2)15-23(25(21)31)27(6,7)8;2*1-2(3)4;/h12-17,30-31H,9-11H2,1-8H3;2*1H3,(H,3,4);/q;;;+2/p-2. The Morgan fingerprint density at radius 3 is 1.25 bits per heavy atom. The molecule has 2 aromatic carbocycles. The van der Waals surface area contributed by atoms with Crippen molar-refractivity contribution in [1.29, 1.82) is 0 Å². The number of aromatic hydroxyl groups is 2. The predicted octanol–water partition coefficient (Wildman–Crippen LogP) is 3.75. The van der Waals surface area contributed by atoms with Crippen LogP contribution in [0, 0.1) is 13.8 Å². The molecular weight excluding hydrogens is 555 g/mol. The number of carboxylic acid groups (broad SMARTS) is 2. The molecule has 2 N–H and O–H groups in total. The summed E-state index contributed by atoms with van der Waals surface area (Å²) in [6, 6.07) is 7.99. The maximum atomic E-state index is 10.6. The Kier molecular flexibility index (Phi) is 17.1. The molecule has 0 amide bonds. The van der Waals surface area contributed by atoms with Crippen LogP contribution in [0.2, 0.25) is 0 Å². The van der Waals surface area contributed by atoms with Crippen molar-refractivity contribution in [1.82, 2.24) is 0 Å². The molecule has 0 aliphatic rings. The maximum Gasteiger partial charge on any atom is 2.00 e. The minimum Gasteiger partial charge on any atom is -0.550 e. The van der Waals surface area contributed by atoms with E-state index in [9.17, 15) is 10.2 Å². The average molecular weight is 600 g/mol. The second-order valence-electron chi connectivity index (χ2n) is 11.4. The number of carbonyl (C=O) groups excluding carboxylic acids is 2. The van der Waals surface area contributed by atoms with Gasteiger partial charge in [0.1, 0.15) is 11.5 Å². The van der Waals surface area contributed by atoms with Gasteiger partial charge in [0.15, 0.2) is 0 Å². The molecule has 0 saturated carbocycles. The number of hydrogen-bond donors (Lipinski definition) is 2. The number of carbonyl (C=O) groups is 2. The minimum absolute atomic E-state index is 0. The van der Waals surface area contributed by atoms with Crippen molar-refractivity contribution in [2.75, 3.05) is 13.1 Å². The topological polar surface area (TPSA) is 145 Å². The summed E-state index contributed by atoms with van der Waals surface area (Å²) in [4.78, 5) is 26.7. The van der Waals surface area contributed by atoms with Crippen LogP contribution in [0.25, 0.3) is 0 Å². The zero-order valence-corrected chi connectivity index (χ0v) is 26.4. The normalized spacial score (nSPS) is 11.2. The van der Waals surface area contributed by atoms with E-state index in [1.54, 1.807) is 12.4 Å². The summed E-state index contributed by atoms with van der Waals surface area (Å²) in [5, 5.41) is 39.0. The Morgan fingerprint density at radius 2 is 1.00 bits per heavy atom. The van der Waals surface area contributed by atoms with Crippen LogP contribution in [0.1, 0.15) is 95.2 Å². The summed E-state index contributed by atoms with van der Waals surface area (Å²) in [5.41, 5.74) is 5.36. The number of carboxylic acids is 2. The Hall–Kier alpha value is -3.17. The molecule has 223 valence electrons. The van der Waals surface area contributed by atoms with Gasteiger partial charge in [0, 0.05) is 59.7 Å². The number of nitrogens with zero attached hydrogens (tertiary/aromatic N) is 2. The molecule has 0 unspecified atom stereocenters. The first kappa shape index (κ1) is 39.0. The Balaban J connectivity index is 0. The number of rotatable bonds is 6. The second-order valence-corrected chi connectivity index (χ2v) is 11.4. The fraction of sp³-hybridized carbons (Fsp3) is 0.484. The van der Waals surface area contributed by atoms with E-state index in [0.29, 0.717) is 24.6 Å². The van der Waals surface area contributed by atoms with Gasteiger partial charge in [0.05, 0.1) is 0 Å². The molecule has 40 heavy (non-hydrogen) atoms. The van der Waals surface area contributed by atoms with Crippen LogP contribution in [-0.4, -0.2) is 47.7 Å². The van der Waals surface area contributed by atoms with E-state index < -0.39 is 11.9 Å². The van der Waals surface area contributed by atoms with Gasteiger partial charge in [0.2, 0.25) is 0 Å². The molecule has 0 saturated heterocycles. The number of phenols is 2. The number of aliphatic imine (C=N–C) groups is 2.